The second kappa shape index (κ2) is 10.7. The van der Waals surface area contributed by atoms with Crippen LogP contribution in [-0.2, 0) is 9.59 Å². The van der Waals surface area contributed by atoms with Crippen molar-refractivity contribution in [2.75, 3.05) is 44.8 Å². The molecule has 0 radical (unpaired) electrons. The molecule has 1 saturated heterocycles. The molecule has 1 aliphatic rings. The zero-order valence-electron chi connectivity index (χ0n) is 17.5. The number of benzene rings is 2. The van der Waals surface area contributed by atoms with Gasteiger partial charge in [-0.05, 0) is 51.8 Å². The number of carboxylic acid groups (broad SMARTS) is 1. The van der Waals surface area contributed by atoms with E-state index in [9.17, 15) is 14.9 Å². The molecule has 0 saturated carbocycles. The molecule has 1 heterocycles. The van der Waals surface area contributed by atoms with Crippen molar-refractivity contribution >= 4 is 39.6 Å². The van der Waals surface area contributed by atoms with Gasteiger partial charge in [0, 0.05) is 31.9 Å². The number of hydrogen-bond donors (Lipinski definition) is 1. The highest BCUT2D eigenvalue weighted by Gasteiger charge is 2.24. The Morgan fingerprint density at radius 3 is 2.47 bits per heavy atom. The summed E-state index contributed by atoms with van der Waals surface area (Å²) >= 11 is 3.33. The van der Waals surface area contributed by atoms with E-state index < -0.39 is 12.6 Å². The lowest BCUT2D eigenvalue weighted by Gasteiger charge is -2.36. The largest absolute Gasteiger partial charge is 0.493 e. The second-order valence-electron chi connectivity index (χ2n) is 7.00. The number of anilines is 1. The smallest absolute Gasteiger partial charge is 0.341 e. The third-order valence-electron chi connectivity index (χ3n) is 4.94. The highest BCUT2D eigenvalue weighted by Crippen LogP contribution is 2.37. The van der Waals surface area contributed by atoms with Crippen molar-refractivity contribution in [2.24, 2.45) is 0 Å². The predicted octanol–water partition coefficient (Wildman–Crippen LogP) is 3.18. The minimum absolute atomic E-state index is 0.00585. The standard InChI is InChI=1S/C23H22BrN3O5/c1-31-20-13-16(12-19(24)22(20)32-15-21(28)29)11-17(14-25)23(30)27-9-7-26(8-10-27)18-5-3-2-4-6-18/h2-6,11-13H,7-10,15H2,1H3,(H,28,29)/b17-11-. The zero-order chi connectivity index (χ0) is 23.1. The van der Waals surface area contributed by atoms with E-state index in [1.807, 2.05) is 36.4 Å². The van der Waals surface area contributed by atoms with Gasteiger partial charge in [0.2, 0.25) is 0 Å². The number of carbonyl (C=O) groups is 2. The maximum atomic E-state index is 12.9. The lowest BCUT2D eigenvalue weighted by Crippen LogP contribution is -2.49. The maximum Gasteiger partial charge on any atom is 0.341 e. The fourth-order valence-electron chi connectivity index (χ4n) is 3.38. The number of piperazine rings is 1. The average Bonchev–Trinajstić information content (AvgIpc) is 2.81. The van der Waals surface area contributed by atoms with E-state index in [1.165, 1.54) is 13.2 Å². The van der Waals surface area contributed by atoms with Gasteiger partial charge in [-0.3, -0.25) is 4.79 Å². The normalized spacial score (nSPS) is 14.0. The SMILES string of the molecule is COc1cc(/C=C(/C#N)C(=O)N2CCN(c3ccccc3)CC2)cc(Br)c1OCC(=O)O. The molecule has 0 aromatic heterocycles. The van der Waals surface area contributed by atoms with Crippen LogP contribution >= 0.6 is 15.9 Å². The van der Waals surface area contributed by atoms with Gasteiger partial charge in [-0.15, -0.1) is 0 Å². The van der Waals surface area contributed by atoms with Crippen molar-refractivity contribution in [1.82, 2.24) is 4.90 Å². The Kier molecular flexibility index (Phi) is 7.73. The molecule has 3 rings (SSSR count). The van der Waals surface area contributed by atoms with Gasteiger partial charge < -0.3 is 24.4 Å². The van der Waals surface area contributed by atoms with E-state index in [1.54, 1.807) is 17.0 Å². The van der Waals surface area contributed by atoms with E-state index in [2.05, 4.69) is 20.8 Å². The summed E-state index contributed by atoms with van der Waals surface area (Å²) in [7, 11) is 1.42. The highest BCUT2D eigenvalue weighted by molar-refractivity contribution is 9.10. The molecule has 166 valence electrons. The minimum atomic E-state index is -1.12. The Hall–Kier alpha value is -3.51. The Balaban J connectivity index is 1.74. The molecule has 1 aliphatic heterocycles. The van der Waals surface area contributed by atoms with E-state index in [0.29, 0.717) is 36.2 Å². The van der Waals surface area contributed by atoms with Gasteiger partial charge in [-0.25, -0.2) is 4.79 Å². The molecular weight excluding hydrogens is 478 g/mol. The molecule has 0 bridgehead atoms. The van der Waals surface area contributed by atoms with Crippen LogP contribution in [0.3, 0.4) is 0 Å². The molecule has 0 unspecified atom stereocenters. The quantitative estimate of drug-likeness (QED) is 0.460. The fraction of sp³-hybridized carbons (Fsp3) is 0.261. The number of aliphatic carboxylic acids is 1. The summed E-state index contributed by atoms with van der Waals surface area (Å²) < 4.78 is 11.0. The van der Waals surface area contributed by atoms with Crippen LogP contribution in [0.25, 0.3) is 6.08 Å². The van der Waals surface area contributed by atoms with Crippen LogP contribution in [0.15, 0.2) is 52.5 Å². The van der Waals surface area contributed by atoms with Gasteiger partial charge in [-0.1, -0.05) is 18.2 Å². The van der Waals surface area contributed by atoms with Gasteiger partial charge in [0.1, 0.15) is 11.6 Å². The van der Waals surface area contributed by atoms with Gasteiger partial charge in [0.05, 0.1) is 11.6 Å². The fourth-order valence-corrected chi connectivity index (χ4v) is 3.96. The van der Waals surface area contributed by atoms with E-state index in [0.717, 1.165) is 5.69 Å². The van der Waals surface area contributed by atoms with Gasteiger partial charge in [0.15, 0.2) is 18.1 Å². The first-order valence-electron chi connectivity index (χ1n) is 9.86. The van der Waals surface area contributed by atoms with E-state index in [-0.39, 0.29) is 23.0 Å². The first-order valence-corrected chi connectivity index (χ1v) is 10.7. The summed E-state index contributed by atoms with van der Waals surface area (Å²) in [6, 6.07) is 15.2. The van der Waals surface area contributed by atoms with Crippen molar-refractivity contribution in [1.29, 1.82) is 5.26 Å². The summed E-state index contributed by atoms with van der Waals surface area (Å²) in [6.45, 7) is 1.87. The lowest BCUT2D eigenvalue weighted by molar-refractivity contribution is -0.139. The van der Waals surface area contributed by atoms with E-state index >= 15 is 0 Å². The van der Waals surface area contributed by atoms with Crippen molar-refractivity contribution in [3.8, 4) is 17.6 Å². The first-order chi connectivity index (χ1) is 15.4. The summed E-state index contributed by atoms with van der Waals surface area (Å²) in [5.41, 5.74) is 1.66. The van der Waals surface area contributed by atoms with Crippen molar-refractivity contribution in [3.63, 3.8) is 0 Å². The highest BCUT2D eigenvalue weighted by atomic mass is 79.9. The number of rotatable bonds is 7. The molecule has 2 aromatic carbocycles. The summed E-state index contributed by atoms with van der Waals surface area (Å²) in [4.78, 5) is 27.6. The monoisotopic (exact) mass is 499 g/mol. The predicted molar refractivity (Wildman–Crippen MR) is 123 cm³/mol. The van der Waals surface area contributed by atoms with Crippen LogP contribution in [0.5, 0.6) is 11.5 Å². The topological polar surface area (TPSA) is 103 Å². The number of nitriles is 1. The molecule has 1 amide bonds. The van der Waals surface area contributed by atoms with Crippen LogP contribution in [-0.4, -0.2) is 61.8 Å². The number of carboxylic acids is 1. The Morgan fingerprint density at radius 2 is 1.88 bits per heavy atom. The molecule has 2 aromatic rings. The van der Waals surface area contributed by atoms with Gasteiger partial charge in [-0.2, -0.15) is 5.26 Å². The maximum absolute atomic E-state index is 12.9. The summed E-state index contributed by atoms with van der Waals surface area (Å²) in [5, 5.41) is 18.4. The Morgan fingerprint density at radius 1 is 1.19 bits per heavy atom. The second-order valence-corrected chi connectivity index (χ2v) is 7.86. The number of amides is 1. The third-order valence-corrected chi connectivity index (χ3v) is 5.53. The molecule has 32 heavy (non-hydrogen) atoms. The van der Waals surface area contributed by atoms with Gasteiger partial charge in [0.25, 0.3) is 5.91 Å². The number of para-hydroxylation sites is 1. The van der Waals surface area contributed by atoms with Crippen molar-refractivity contribution < 1.29 is 24.2 Å². The summed E-state index contributed by atoms with van der Waals surface area (Å²) in [6.07, 6.45) is 1.49. The third kappa shape index (κ3) is 5.59. The molecule has 0 spiro atoms. The molecule has 8 nitrogen and oxygen atoms in total. The first kappa shape index (κ1) is 23.2. The number of hydrogen-bond acceptors (Lipinski definition) is 6. The molecule has 1 N–H and O–H groups in total. The van der Waals surface area contributed by atoms with Crippen LogP contribution in [0.2, 0.25) is 0 Å². The van der Waals surface area contributed by atoms with Gasteiger partial charge >= 0.3 is 5.97 Å². The van der Waals surface area contributed by atoms with E-state index in [4.69, 9.17) is 14.6 Å². The zero-order valence-corrected chi connectivity index (χ0v) is 19.0. The molecule has 1 fully saturated rings. The Bertz CT molecular complexity index is 1060. The van der Waals surface area contributed by atoms with Crippen LogP contribution in [0.1, 0.15) is 5.56 Å². The number of ether oxygens (including phenoxy) is 2. The molecular formula is C23H22BrN3O5. The number of nitrogens with zero attached hydrogens (tertiary/aromatic N) is 3. The molecule has 0 atom stereocenters. The van der Waals surface area contributed by atoms with Crippen molar-refractivity contribution in [2.45, 2.75) is 0 Å². The number of methoxy groups -OCH3 is 1. The lowest BCUT2D eigenvalue weighted by atomic mass is 10.1. The van der Waals surface area contributed by atoms with Crippen LogP contribution < -0.4 is 14.4 Å². The molecule has 0 aliphatic carbocycles. The number of carbonyl (C=O) groups excluding carboxylic acids is 1. The van der Waals surface area contributed by atoms with Crippen molar-refractivity contribution in [3.05, 3.63) is 58.1 Å². The average molecular weight is 500 g/mol. The minimum Gasteiger partial charge on any atom is -0.493 e. The van der Waals surface area contributed by atoms with Crippen LogP contribution in [0.4, 0.5) is 5.69 Å². The Labute approximate surface area is 194 Å². The van der Waals surface area contributed by atoms with Crippen LogP contribution in [0, 0.1) is 11.3 Å². The summed E-state index contributed by atoms with van der Waals surface area (Å²) in [5.74, 6) is -0.934. The number of halogens is 1. The molecule has 9 heteroatoms.